The summed E-state index contributed by atoms with van der Waals surface area (Å²) in [7, 11) is 0. The lowest BCUT2D eigenvalue weighted by molar-refractivity contribution is -0.142. The number of carbonyl (C=O) groups is 2. The fraction of sp³-hybridized carbons (Fsp3) is 0.481. The fourth-order valence-electron chi connectivity index (χ4n) is 5.10. The number of aliphatic hydroxyl groups excluding tert-OH is 1. The smallest absolute Gasteiger partial charge is 0.224 e. The molecular formula is C27H32N2O5. The number of carbonyl (C=O) groups excluding carboxylic acids is 2. The Hall–Kier alpha value is -2.90. The number of nitrogens with one attached hydrogen (secondary N) is 2. The second-order valence-corrected chi connectivity index (χ2v) is 9.76. The number of ether oxygens (including phenoxy) is 2. The van der Waals surface area contributed by atoms with Crippen LogP contribution in [0.1, 0.15) is 62.1 Å². The minimum absolute atomic E-state index is 0.00877. The molecule has 2 heterocycles. The highest BCUT2D eigenvalue weighted by Gasteiger charge is 2.46. The summed E-state index contributed by atoms with van der Waals surface area (Å²) in [6, 6.07) is 15.4. The van der Waals surface area contributed by atoms with Crippen LogP contribution in [-0.4, -0.2) is 41.8 Å². The van der Waals surface area contributed by atoms with Crippen molar-refractivity contribution in [2.45, 2.75) is 69.3 Å². The van der Waals surface area contributed by atoms with Gasteiger partial charge in [-0.25, -0.2) is 0 Å². The third-order valence-electron chi connectivity index (χ3n) is 7.04. The molecule has 7 heteroatoms. The van der Waals surface area contributed by atoms with Crippen molar-refractivity contribution in [3.63, 3.8) is 0 Å². The first-order chi connectivity index (χ1) is 16.5. The minimum atomic E-state index is -0.511. The number of hydrogen-bond acceptors (Lipinski definition) is 5. The molecule has 3 aliphatic rings. The Balaban J connectivity index is 1.25. The van der Waals surface area contributed by atoms with E-state index in [1.807, 2.05) is 55.5 Å². The largest absolute Gasteiger partial charge is 0.487 e. The number of rotatable bonds is 8. The molecule has 3 N–H and O–H groups in total. The summed E-state index contributed by atoms with van der Waals surface area (Å²) in [5, 5.41) is 16.0. The molecule has 5 atom stereocenters. The highest BCUT2D eigenvalue weighted by molar-refractivity contribution is 5.91. The zero-order valence-corrected chi connectivity index (χ0v) is 19.4. The van der Waals surface area contributed by atoms with E-state index < -0.39 is 6.10 Å². The third kappa shape index (κ3) is 5.10. The van der Waals surface area contributed by atoms with Gasteiger partial charge in [0, 0.05) is 23.6 Å². The van der Waals surface area contributed by atoms with Gasteiger partial charge < -0.3 is 25.2 Å². The van der Waals surface area contributed by atoms with Gasteiger partial charge in [0.2, 0.25) is 11.8 Å². The normalized spacial score (nSPS) is 26.1. The summed E-state index contributed by atoms with van der Waals surface area (Å²) in [5.41, 5.74) is 2.80. The Morgan fingerprint density at radius 3 is 2.62 bits per heavy atom. The first-order valence-corrected chi connectivity index (χ1v) is 12.2. The van der Waals surface area contributed by atoms with Crippen LogP contribution >= 0.6 is 0 Å². The molecule has 2 aliphatic heterocycles. The standard InChI is InChI=1S/C27H32N2O5/c1-16(18-5-3-2-4-6-18)28-26(32)14-20-13-22-21-12-19(29-25(31)11-17-7-8-17)9-10-23(21)34-27(22)24(15-30)33-20/h2-6,9-10,12,16-17,20,22,24,27,30H,7-8,11,13-15H2,1H3,(H,28,32)(H,29,31)/t16-,20-,22-,24+,27+/m0/s1. The zero-order valence-electron chi connectivity index (χ0n) is 19.4. The van der Waals surface area contributed by atoms with E-state index in [1.165, 1.54) is 0 Å². The zero-order chi connectivity index (χ0) is 23.7. The van der Waals surface area contributed by atoms with Crippen molar-refractivity contribution < 1.29 is 24.2 Å². The van der Waals surface area contributed by atoms with Crippen LogP contribution in [0.25, 0.3) is 0 Å². The molecule has 2 aromatic carbocycles. The van der Waals surface area contributed by atoms with Crippen molar-refractivity contribution in [1.82, 2.24) is 5.32 Å². The quantitative estimate of drug-likeness (QED) is 0.554. The van der Waals surface area contributed by atoms with Crippen molar-refractivity contribution in [3.8, 4) is 5.75 Å². The lowest BCUT2D eigenvalue weighted by Gasteiger charge is -2.37. The van der Waals surface area contributed by atoms with Crippen LogP contribution in [0.5, 0.6) is 5.75 Å². The summed E-state index contributed by atoms with van der Waals surface area (Å²) in [5.74, 6) is 1.22. The second kappa shape index (κ2) is 9.76. The van der Waals surface area contributed by atoms with Crippen LogP contribution in [0.15, 0.2) is 48.5 Å². The summed E-state index contributed by atoms with van der Waals surface area (Å²) in [6.07, 6.45) is 2.52. The lowest BCUT2D eigenvalue weighted by atomic mass is 9.84. The van der Waals surface area contributed by atoms with E-state index in [0.717, 1.165) is 35.4 Å². The molecule has 0 unspecified atom stereocenters. The van der Waals surface area contributed by atoms with Crippen LogP contribution in [-0.2, 0) is 14.3 Å². The van der Waals surface area contributed by atoms with Gasteiger partial charge in [-0.15, -0.1) is 0 Å². The number of benzene rings is 2. The maximum absolute atomic E-state index is 12.8. The average molecular weight is 465 g/mol. The molecule has 180 valence electrons. The lowest BCUT2D eigenvalue weighted by Crippen LogP contribution is -2.47. The van der Waals surface area contributed by atoms with Crippen LogP contribution in [0.4, 0.5) is 5.69 Å². The third-order valence-corrected chi connectivity index (χ3v) is 7.04. The Morgan fingerprint density at radius 1 is 1.09 bits per heavy atom. The molecule has 2 aromatic rings. The van der Waals surface area contributed by atoms with Crippen LogP contribution < -0.4 is 15.4 Å². The molecule has 0 aromatic heterocycles. The van der Waals surface area contributed by atoms with Gasteiger partial charge in [-0.3, -0.25) is 9.59 Å². The molecule has 1 saturated heterocycles. The van der Waals surface area contributed by atoms with E-state index in [1.54, 1.807) is 0 Å². The maximum atomic E-state index is 12.8. The monoisotopic (exact) mass is 464 g/mol. The maximum Gasteiger partial charge on any atom is 0.224 e. The average Bonchev–Trinajstić information content (AvgIpc) is 3.57. The van der Waals surface area contributed by atoms with Gasteiger partial charge in [0.1, 0.15) is 18.0 Å². The van der Waals surface area contributed by atoms with Crippen molar-refractivity contribution in [3.05, 3.63) is 59.7 Å². The van der Waals surface area contributed by atoms with E-state index in [0.29, 0.717) is 18.8 Å². The molecule has 34 heavy (non-hydrogen) atoms. The molecule has 2 amide bonds. The van der Waals surface area contributed by atoms with Gasteiger partial charge in [-0.05, 0) is 55.9 Å². The molecule has 0 bridgehead atoms. The molecular weight excluding hydrogens is 432 g/mol. The van der Waals surface area contributed by atoms with Gasteiger partial charge in [0.25, 0.3) is 0 Å². The summed E-state index contributed by atoms with van der Waals surface area (Å²) in [4.78, 5) is 25.0. The van der Waals surface area contributed by atoms with Gasteiger partial charge in [-0.2, -0.15) is 0 Å². The summed E-state index contributed by atoms with van der Waals surface area (Å²) >= 11 is 0. The van der Waals surface area contributed by atoms with E-state index >= 15 is 0 Å². The number of amides is 2. The Kier molecular flexibility index (Phi) is 6.57. The second-order valence-electron chi connectivity index (χ2n) is 9.76. The molecule has 0 radical (unpaired) electrons. The highest BCUT2D eigenvalue weighted by Crippen LogP contribution is 2.47. The molecule has 1 saturated carbocycles. The Morgan fingerprint density at radius 2 is 1.88 bits per heavy atom. The summed E-state index contributed by atoms with van der Waals surface area (Å²) < 4.78 is 12.2. The van der Waals surface area contributed by atoms with Crippen molar-refractivity contribution in [2.75, 3.05) is 11.9 Å². The number of fused-ring (bicyclic) bond motifs is 3. The van der Waals surface area contributed by atoms with Gasteiger partial charge in [0.15, 0.2) is 0 Å². The van der Waals surface area contributed by atoms with E-state index in [9.17, 15) is 14.7 Å². The van der Waals surface area contributed by atoms with Gasteiger partial charge >= 0.3 is 0 Å². The molecule has 1 aliphatic carbocycles. The minimum Gasteiger partial charge on any atom is -0.487 e. The van der Waals surface area contributed by atoms with E-state index in [2.05, 4.69) is 10.6 Å². The first-order valence-electron chi connectivity index (χ1n) is 12.2. The Bertz CT molecular complexity index is 1040. The summed E-state index contributed by atoms with van der Waals surface area (Å²) in [6.45, 7) is 1.78. The van der Waals surface area contributed by atoms with E-state index in [-0.39, 0.29) is 49.0 Å². The first kappa shape index (κ1) is 22.9. The topological polar surface area (TPSA) is 96.9 Å². The molecule has 0 spiro atoms. The van der Waals surface area contributed by atoms with Crippen molar-refractivity contribution >= 4 is 17.5 Å². The molecule has 5 rings (SSSR count). The Labute approximate surface area is 199 Å². The predicted molar refractivity (Wildman–Crippen MR) is 128 cm³/mol. The van der Waals surface area contributed by atoms with Crippen molar-refractivity contribution in [1.29, 1.82) is 0 Å². The molecule has 7 nitrogen and oxygen atoms in total. The number of aliphatic hydroxyl groups is 1. The number of hydrogen-bond donors (Lipinski definition) is 3. The van der Waals surface area contributed by atoms with Crippen molar-refractivity contribution in [2.24, 2.45) is 5.92 Å². The van der Waals surface area contributed by atoms with E-state index in [4.69, 9.17) is 9.47 Å². The van der Waals surface area contributed by atoms with Crippen LogP contribution in [0.2, 0.25) is 0 Å². The van der Waals surface area contributed by atoms with Gasteiger partial charge in [0.05, 0.1) is 25.2 Å². The van der Waals surface area contributed by atoms with Crippen LogP contribution in [0.3, 0.4) is 0 Å². The fourth-order valence-corrected chi connectivity index (χ4v) is 5.10. The molecule has 2 fully saturated rings. The van der Waals surface area contributed by atoms with Crippen LogP contribution in [0, 0.1) is 5.92 Å². The predicted octanol–water partition coefficient (Wildman–Crippen LogP) is 3.69. The number of anilines is 1. The highest BCUT2D eigenvalue weighted by atomic mass is 16.6. The van der Waals surface area contributed by atoms with Gasteiger partial charge in [-0.1, -0.05) is 30.3 Å². The SMILES string of the molecule is C[C@H](NC(=O)C[C@@H]1C[C@H]2c3cc(NC(=O)CC4CC4)ccc3O[C@H]2[C@@H](CO)O1)c1ccccc1.